The number of hydrogen-bond acceptors (Lipinski definition) is 3. The average Bonchev–Trinajstić information content (AvgIpc) is 2.44. The van der Waals surface area contributed by atoms with E-state index in [9.17, 15) is 13.2 Å². The average molecular weight is 275 g/mol. The topological polar surface area (TPSA) is 37.8 Å². The lowest BCUT2D eigenvalue weighted by Gasteiger charge is -2.09. The van der Waals surface area contributed by atoms with Crippen LogP contribution in [0.4, 0.5) is 24.7 Å². The highest BCUT2D eigenvalue weighted by molar-refractivity contribution is 5.90. The van der Waals surface area contributed by atoms with Gasteiger partial charge in [-0.2, -0.15) is 0 Å². The molecule has 0 fully saturated rings. The fourth-order valence-corrected chi connectivity index (χ4v) is 1.87. The van der Waals surface area contributed by atoms with E-state index in [1.165, 1.54) is 12.1 Å². The van der Waals surface area contributed by atoms with Gasteiger partial charge in [-0.3, -0.25) is 0 Å². The van der Waals surface area contributed by atoms with Crippen molar-refractivity contribution in [3.8, 4) is 0 Å². The minimum absolute atomic E-state index is 0.0748. The summed E-state index contributed by atoms with van der Waals surface area (Å²) in [6.45, 7) is 0. The smallest absolute Gasteiger partial charge is 0.149 e. The number of nitrogens with zero attached hydrogens (tertiary/aromatic N) is 2. The second kappa shape index (κ2) is 4.80. The van der Waals surface area contributed by atoms with Crippen molar-refractivity contribution in [1.82, 2.24) is 9.97 Å². The zero-order valence-electron chi connectivity index (χ0n) is 10.1. The fourth-order valence-electron chi connectivity index (χ4n) is 1.87. The van der Waals surface area contributed by atoms with E-state index in [0.717, 1.165) is 24.5 Å². The quantitative estimate of drug-likeness (QED) is 0.773. The minimum Gasteiger partial charge on any atom is -0.337 e. The summed E-state index contributed by atoms with van der Waals surface area (Å²) in [7, 11) is 0. The first-order chi connectivity index (χ1) is 9.65. The number of aromatic nitrogens is 2. The highest BCUT2D eigenvalue weighted by Gasteiger charge is 2.10. The van der Waals surface area contributed by atoms with Gasteiger partial charge in [0.05, 0.1) is 5.69 Å². The predicted octanol–water partition coefficient (Wildman–Crippen LogP) is 3.79. The van der Waals surface area contributed by atoms with Gasteiger partial charge in [-0.05, 0) is 24.3 Å². The molecule has 0 amide bonds. The number of hydrogen-bond donors (Lipinski definition) is 1. The van der Waals surface area contributed by atoms with Crippen molar-refractivity contribution in [3.63, 3.8) is 0 Å². The van der Waals surface area contributed by atoms with Gasteiger partial charge in [-0.25, -0.2) is 23.1 Å². The van der Waals surface area contributed by atoms with Gasteiger partial charge >= 0.3 is 0 Å². The van der Waals surface area contributed by atoms with E-state index in [0.29, 0.717) is 5.39 Å². The molecule has 0 spiro atoms. The first-order valence-electron chi connectivity index (χ1n) is 5.76. The van der Waals surface area contributed by atoms with Crippen LogP contribution in [-0.2, 0) is 0 Å². The molecule has 6 heteroatoms. The number of anilines is 2. The van der Waals surface area contributed by atoms with Crippen LogP contribution in [0, 0.1) is 17.5 Å². The third-order valence-electron chi connectivity index (χ3n) is 2.80. The Morgan fingerprint density at radius 2 is 1.75 bits per heavy atom. The number of rotatable bonds is 2. The van der Waals surface area contributed by atoms with Gasteiger partial charge in [-0.1, -0.05) is 6.07 Å². The van der Waals surface area contributed by atoms with Gasteiger partial charge in [0.25, 0.3) is 0 Å². The minimum atomic E-state index is -0.630. The van der Waals surface area contributed by atoms with Crippen molar-refractivity contribution in [1.29, 1.82) is 0 Å². The molecule has 1 aromatic heterocycles. The highest BCUT2D eigenvalue weighted by Crippen LogP contribution is 2.26. The molecule has 3 rings (SSSR count). The van der Waals surface area contributed by atoms with E-state index in [2.05, 4.69) is 15.3 Å². The van der Waals surface area contributed by atoms with Crippen molar-refractivity contribution in [2.24, 2.45) is 0 Å². The second-order valence-electron chi connectivity index (χ2n) is 4.11. The Balaban J connectivity index is 2.11. The number of fused-ring (bicyclic) bond motifs is 1. The van der Waals surface area contributed by atoms with Gasteiger partial charge in [0.2, 0.25) is 0 Å². The molecule has 0 radical (unpaired) electrons. The van der Waals surface area contributed by atoms with Crippen LogP contribution in [-0.4, -0.2) is 9.97 Å². The summed E-state index contributed by atoms with van der Waals surface area (Å²) in [5, 5.41) is 3.04. The Hall–Kier alpha value is -2.63. The Bertz CT molecular complexity index is 790. The van der Waals surface area contributed by atoms with Crippen LogP contribution in [0.25, 0.3) is 10.9 Å². The fraction of sp³-hybridized carbons (Fsp3) is 0. The molecular weight excluding hydrogens is 267 g/mol. The van der Waals surface area contributed by atoms with Crippen LogP contribution in [0.1, 0.15) is 0 Å². The Labute approximate surface area is 112 Å². The maximum absolute atomic E-state index is 13.6. The molecule has 20 heavy (non-hydrogen) atoms. The zero-order valence-corrected chi connectivity index (χ0v) is 10.1. The largest absolute Gasteiger partial charge is 0.337 e. The van der Waals surface area contributed by atoms with Gasteiger partial charge in [0.15, 0.2) is 0 Å². The second-order valence-corrected chi connectivity index (χ2v) is 4.11. The molecule has 0 saturated carbocycles. The predicted molar refractivity (Wildman–Crippen MR) is 69.1 cm³/mol. The van der Waals surface area contributed by atoms with Crippen molar-refractivity contribution < 1.29 is 13.2 Å². The molecule has 0 aliphatic carbocycles. The maximum Gasteiger partial charge on any atom is 0.149 e. The highest BCUT2D eigenvalue weighted by atomic mass is 19.1. The molecule has 0 bridgehead atoms. The lowest BCUT2D eigenvalue weighted by atomic mass is 10.2. The molecule has 3 aromatic rings. The summed E-state index contributed by atoms with van der Waals surface area (Å²) in [5.41, 5.74) is 0.0380. The Kier molecular flexibility index (Phi) is 2.98. The van der Waals surface area contributed by atoms with E-state index in [4.69, 9.17) is 0 Å². The summed E-state index contributed by atoms with van der Waals surface area (Å²) in [5.74, 6) is -1.51. The van der Waals surface area contributed by atoms with E-state index >= 15 is 0 Å². The molecular formula is C14H8F3N3. The molecule has 0 unspecified atom stereocenters. The summed E-state index contributed by atoms with van der Waals surface area (Å²) in [4.78, 5) is 7.77. The number of nitrogens with one attached hydrogen (secondary N) is 1. The SMILES string of the molecule is Fc1ccc(F)c(Nc2ncnc3c(F)cccc23)c1. The third kappa shape index (κ3) is 2.16. The number of benzene rings is 2. The standard InChI is InChI=1S/C14H8F3N3/c15-8-4-5-10(16)12(6-8)20-14-9-2-1-3-11(17)13(9)18-7-19-14/h1-7H,(H,18,19,20). The van der Waals surface area contributed by atoms with Crippen LogP contribution in [0.3, 0.4) is 0 Å². The summed E-state index contributed by atoms with van der Waals surface area (Å²) >= 11 is 0. The van der Waals surface area contributed by atoms with Crippen molar-refractivity contribution in [3.05, 3.63) is 60.2 Å². The van der Waals surface area contributed by atoms with Gasteiger partial charge < -0.3 is 5.32 Å². The molecule has 0 aliphatic rings. The maximum atomic E-state index is 13.6. The monoisotopic (exact) mass is 275 g/mol. The summed E-state index contributed by atoms with van der Waals surface area (Å²) in [6, 6.07) is 7.37. The van der Waals surface area contributed by atoms with E-state index in [-0.39, 0.29) is 17.0 Å². The summed E-state index contributed by atoms with van der Waals surface area (Å²) in [6.07, 6.45) is 1.16. The lowest BCUT2D eigenvalue weighted by Crippen LogP contribution is -1.99. The first kappa shape index (κ1) is 12.4. The van der Waals surface area contributed by atoms with Gasteiger partial charge in [0, 0.05) is 11.5 Å². The third-order valence-corrected chi connectivity index (χ3v) is 2.80. The molecule has 1 heterocycles. The van der Waals surface area contributed by atoms with Crippen LogP contribution in [0.2, 0.25) is 0 Å². The van der Waals surface area contributed by atoms with E-state index in [1.807, 2.05) is 0 Å². The van der Waals surface area contributed by atoms with Crippen LogP contribution >= 0.6 is 0 Å². The molecule has 0 atom stereocenters. The lowest BCUT2D eigenvalue weighted by molar-refractivity contribution is 0.603. The number of halogens is 3. The van der Waals surface area contributed by atoms with Crippen LogP contribution in [0.15, 0.2) is 42.7 Å². The zero-order chi connectivity index (χ0) is 14.1. The molecule has 1 N–H and O–H groups in total. The normalized spacial score (nSPS) is 10.8. The van der Waals surface area contributed by atoms with Crippen molar-refractivity contribution in [2.75, 3.05) is 5.32 Å². The summed E-state index contributed by atoms with van der Waals surface area (Å²) < 4.78 is 40.3. The molecule has 0 aliphatic heterocycles. The molecule has 100 valence electrons. The molecule has 3 nitrogen and oxygen atoms in total. The number of para-hydroxylation sites is 1. The Morgan fingerprint density at radius 1 is 0.900 bits per heavy atom. The molecule has 0 saturated heterocycles. The van der Waals surface area contributed by atoms with Gasteiger partial charge in [0.1, 0.15) is 35.1 Å². The van der Waals surface area contributed by atoms with E-state index < -0.39 is 17.5 Å². The van der Waals surface area contributed by atoms with Crippen molar-refractivity contribution >= 4 is 22.4 Å². The molecule has 2 aromatic carbocycles. The van der Waals surface area contributed by atoms with E-state index in [1.54, 1.807) is 6.07 Å². The van der Waals surface area contributed by atoms with Crippen molar-refractivity contribution in [2.45, 2.75) is 0 Å². The van der Waals surface area contributed by atoms with Crippen LogP contribution in [0.5, 0.6) is 0 Å². The van der Waals surface area contributed by atoms with Gasteiger partial charge in [-0.15, -0.1) is 0 Å². The first-order valence-corrected chi connectivity index (χ1v) is 5.76. The Morgan fingerprint density at radius 3 is 2.60 bits per heavy atom. The van der Waals surface area contributed by atoms with Crippen LogP contribution < -0.4 is 5.32 Å².